The van der Waals surface area contributed by atoms with E-state index in [1.54, 1.807) is 4.90 Å². The number of fused-ring (bicyclic) bond motifs is 1. The molecule has 0 aliphatic carbocycles. The van der Waals surface area contributed by atoms with Crippen LogP contribution < -0.4 is 4.90 Å². The third-order valence-corrected chi connectivity index (χ3v) is 2.78. The van der Waals surface area contributed by atoms with E-state index in [2.05, 4.69) is 12.1 Å². The Morgan fingerprint density at radius 1 is 1.50 bits per heavy atom. The number of benzene rings is 1. The molecule has 2 rings (SSSR count). The lowest BCUT2D eigenvalue weighted by atomic mass is 10.0. The summed E-state index contributed by atoms with van der Waals surface area (Å²) < 4.78 is 0. The first-order chi connectivity index (χ1) is 6.68. The minimum atomic E-state index is -0.378. The molecule has 2 nitrogen and oxygen atoms in total. The quantitative estimate of drug-likeness (QED) is 0.475. The zero-order valence-electron chi connectivity index (χ0n) is 8.09. The lowest BCUT2D eigenvalue weighted by molar-refractivity contribution is 0.263. The summed E-state index contributed by atoms with van der Waals surface area (Å²) in [6, 6.07) is 6.17. The van der Waals surface area contributed by atoms with E-state index in [1.165, 1.54) is 5.56 Å². The summed E-state index contributed by atoms with van der Waals surface area (Å²) in [5.41, 5.74) is 3.36. The van der Waals surface area contributed by atoms with Gasteiger partial charge in [-0.05, 0) is 48.6 Å². The van der Waals surface area contributed by atoms with E-state index in [0.29, 0.717) is 0 Å². The van der Waals surface area contributed by atoms with Crippen LogP contribution in [-0.4, -0.2) is 11.9 Å². The second-order valence-electron chi connectivity index (χ2n) is 3.64. The average Bonchev–Trinajstić information content (AvgIpc) is 2.16. The Kier molecular flexibility index (Phi) is 2.46. The largest absolute Gasteiger partial charge is 0.320 e. The molecule has 1 aromatic rings. The van der Waals surface area contributed by atoms with Gasteiger partial charge in [0.05, 0.1) is 0 Å². The van der Waals surface area contributed by atoms with Crippen molar-refractivity contribution in [2.75, 3.05) is 11.4 Å². The molecule has 0 bridgehead atoms. The Bertz CT molecular complexity index is 376. The highest BCUT2D eigenvalue weighted by Crippen LogP contribution is 2.28. The fourth-order valence-corrected chi connectivity index (χ4v) is 2.04. The molecule has 3 heteroatoms. The van der Waals surface area contributed by atoms with E-state index in [0.717, 1.165) is 30.6 Å². The van der Waals surface area contributed by atoms with Crippen LogP contribution in [0.15, 0.2) is 18.2 Å². The molecule has 0 aromatic heterocycles. The third-order valence-electron chi connectivity index (χ3n) is 2.57. The first kappa shape index (κ1) is 9.53. The molecule has 0 atom stereocenters. The Hall–Kier alpha value is -1.02. The topological polar surface area (TPSA) is 20.3 Å². The van der Waals surface area contributed by atoms with Gasteiger partial charge < -0.3 is 0 Å². The van der Waals surface area contributed by atoms with Gasteiger partial charge in [-0.2, -0.15) is 0 Å². The molecule has 0 N–H and O–H groups in total. The Morgan fingerprint density at radius 2 is 2.29 bits per heavy atom. The van der Waals surface area contributed by atoms with Gasteiger partial charge in [-0.3, -0.25) is 9.69 Å². The number of rotatable bonds is 0. The lowest BCUT2D eigenvalue weighted by Crippen LogP contribution is -2.31. The zero-order chi connectivity index (χ0) is 10.1. The van der Waals surface area contributed by atoms with Crippen molar-refractivity contribution in [2.24, 2.45) is 0 Å². The summed E-state index contributed by atoms with van der Waals surface area (Å²) in [6.45, 7) is 2.75. The maximum Gasteiger partial charge on any atom is 0.320 e. The molecule has 1 heterocycles. The van der Waals surface area contributed by atoms with Crippen molar-refractivity contribution in [3.05, 3.63) is 29.3 Å². The van der Waals surface area contributed by atoms with Gasteiger partial charge in [-0.15, -0.1) is 0 Å². The first-order valence-electron chi connectivity index (χ1n) is 4.75. The van der Waals surface area contributed by atoms with Crippen molar-refractivity contribution >= 4 is 22.7 Å². The molecule has 0 fully saturated rings. The molecule has 74 valence electrons. The second-order valence-corrected chi connectivity index (χ2v) is 3.96. The number of halogens is 1. The van der Waals surface area contributed by atoms with Crippen LogP contribution in [0.4, 0.5) is 10.5 Å². The molecular weight excluding hydrogens is 198 g/mol. The second kappa shape index (κ2) is 3.62. The van der Waals surface area contributed by atoms with Crippen molar-refractivity contribution in [1.82, 2.24) is 0 Å². The molecule has 1 aliphatic rings. The van der Waals surface area contributed by atoms with Crippen LogP contribution in [-0.2, 0) is 6.42 Å². The van der Waals surface area contributed by atoms with Crippen molar-refractivity contribution in [3.8, 4) is 0 Å². The van der Waals surface area contributed by atoms with Crippen LogP contribution in [0, 0.1) is 6.92 Å². The number of aryl methyl sites for hydroxylation is 2. The Balaban J connectivity index is 2.46. The molecule has 14 heavy (non-hydrogen) atoms. The van der Waals surface area contributed by atoms with E-state index < -0.39 is 0 Å². The van der Waals surface area contributed by atoms with Crippen LogP contribution >= 0.6 is 11.6 Å². The molecule has 0 unspecified atom stereocenters. The molecule has 1 amide bonds. The average molecular weight is 210 g/mol. The molecule has 0 radical (unpaired) electrons. The normalized spacial score (nSPS) is 15.1. The van der Waals surface area contributed by atoms with Crippen LogP contribution in [0.3, 0.4) is 0 Å². The van der Waals surface area contributed by atoms with E-state index in [9.17, 15) is 4.79 Å². The summed E-state index contributed by atoms with van der Waals surface area (Å²) in [4.78, 5) is 12.8. The molecule has 1 aromatic carbocycles. The molecule has 1 aliphatic heterocycles. The van der Waals surface area contributed by atoms with E-state index >= 15 is 0 Å². The number of carbonyl (C=O) groups excluding carboxylic acids is 1. The lowest BCUT2D eigenvalue weighted by Gasteiger charge is -2.27. The van der Waals surface area contributed by atoms with E-state index in [1.807, 2.05) is 13.0 Å². The van der Waals surface area contributed by atoms with E-state index in [-0.39, 0.29) is 5.37 Å². The van der Waals surface area contributed by atoms with Gasteiger partial charge in [-0.1, -0.05) is 12.1 Å². The summed E-state index contributed by atoms with van der Waals surface area (Å²) in [6.07, 6.45) is 2.03. The Morgan fingerprint density at radius 3 is 3.00 bits per heavy atom. The van der Waals surface area contributed by atoms with Gasteiger partial charge in [0.2, 0.25) is 0 Å². The highest BCUT2D eigenvalue weighted by atomic mass is 35.5. The van der Waals surface area contributed by atoms with Gasteiger partial charge in [-0.25, -0.2) is 0 Å². The number of carbonyl (C=O) groups is 1. The predicted octanol–water partition coefficient (Wildman–Crippen LogP) is 3.11. The van der Waals surface area contributed by atoms with Gasteiger partial charge in [0.15, 0.2) is 0 Å². The number of hydrogen-bond acceptors (Lipinski definition) is 1. The minimum Gasteiger partial charge on any atom is -0.299 e. The summed E-state index contributed by atoms with van der Waals surface area (Å²) in [5, 5.41) is -0.378. The monoisotopic (exact) mass is 209 g/mol. The number of amides is 1. The fourth-order valence-electron chi connectivity index (χ4n) is 1.87. The molecular formula is C11H12ClNO. The minimum absolute atomic E-state index is 0.378. The summed E-state index contributed by atoms with van der Waals surface area (Å²) in [7, 11) is 0. The molecule has 0 saturated carbocycles. The van der Waals surface area contributed by atoms with Crippen LogP contribution in [0.2, 0.25) is 0 Å². The highest BCUT2D eigenvalue weighted by molar-refractivity contribution is 6.66. The van der Waals surface area contributed by atoms with Gasteiger partial charge >= 0.3 is 5.37 Å². The van der Waals surface area contributed by atoms with Gasteiger partial charge in [0.25, 0.3) is 0 Å². The van der Waals surface area contributed by atoms with Gasteiger partial charge in [0, 0.05) is 12.2 Å². The Labute approximate surface area is 88.5 Å². The maximum atomic E-state index is 11.2. The number of anilines is 1. The number of hydrogen-bond donors (Lipinski definition) is 0. The first-order valence-corrected chi connectivity index (χ1v) is 5.13. The standard InChI is InChI=1S/C11H12ClNO/c1-8-4-5-9-3-2-6-13(11(12)14)10(9)7-8/h4-5,7H,2-3,6H2,1H3. The van der Waals surface area contributed by atoms with Crippen LogP contribution in [0.5, 0.6) is 0 Å². The predicted molar refractivity (Wildman–Crippen MR) is 58.1 cm³/mol. The number of nitrogens with zero attached hydrogens (tertiary/aromatic N) is 1. The van der Waals surface area contributed by atoms with Crippen LogP contribution in [0.1, 0.15) is 17.5 Å². The van der Waals surface area contributed by atoms with E-state index in [4.69, 9.17) is 11.6 Å². The van der Waals surface area contributed by atoms with Crippen molar-refractivity contribution in [1.29, 1.82) is 0 Å². The molecule has 0 saturated heterocycles. The third kappa shape index (κ3) is 1.62. The maximum absolute atomic E-state index is 11.2. The van der Waals surface area contributed by atoms with Crippen molar-refractivity contribution in [2.45, 2.75) is 19.8 Å². The fraction of sp³-hybridized carbons (Fsp3) is 0.364. The SMILES string of the molecule is Cc1ccc2c(c1)N(C(=O)Cl)CCC2. The van der Waals surface area contributed by atoms with Crippen LogP contribution in [0.25, 0.3) is 0 Å². The highest BCUT2D eigenvalue weighted by Gasteiger charge is 2.20. The summed E-state index contributed by atoms with van der Waals surface area (Å²) in [5.74, 6) is 0. The van der Waals surface area contributed by atoms with Crippen molar-refractivity contribution < 1.29 is 4.79 Å². The van der Waals surface area contributed by atoms with Crippen molar-refractivity contribution in [3.63, 3.8) is 0 Å². The zero-order valence-corrected chi connectivity index (χ0v) is 8.84. The van der Waals surface area contributed by atoms with Gasteiger partial charge in [0.1, 0.15) is 0 Å². The molecule has 0 spiro atoms. The smallest absolute Gasteiger partial charge is 0.299 e. The summed E-state index contributed by atoms with van der Waals surface area (Å²) >= 11 is 5.52.